The first-order chi connectivity index (χ1) is 14.7. The molecule has 0 bridgehead atoms. The second kappa shape index (κ2) is 8.43. The Morgan fingerprint density at radius 3 is 2.47 bits per heavy atom. The fraction of sp³-hybridized carbons (Fsp3) is 0.500. The third-order valence-electron chi connectivity index (χ3n) is 6.79. The van der Waals surface area contributed by atoms with E-state index in [4.69, 9.17) is 4.74 Å². The predicted molar refractivity (Wildman–Crippen MR) is 119 cm³/mol. The number of ether oxygens (including phenoxy) is 1. The van der Waals surface area contributed by atoms with E-state index in [0.717, 1.165) is 55.7 Å². The van der Waals surface area contributed by atoms with Gasteiger partial charge in [-0.3, -0.25) is 4.79 Å². The molecule has 0 aliphatic heterocycles. The summed E-state index contributed by atoms with van der Waals surface area (Å²) in [6.45, 7) is 2.88. The first kappa shape index (κ1) is 19.6. The summed E-state index contributed by atoms with van der Waals surface area (Å²) in [6.07, 6.45) is 7.21. The van der Waals surface area contributed by atoms with E-state index in [1.54, 1.807) is 0 Å². The lowest BCUT2D eigenvalue weighted by molar-refractivity contribution is 0.0737. The Morgan fingerprint density at radius 2 is 1.73 bits per heavy atom. The Kier molecular flexibility index (Phi) is 5.51. The molecule has 1 atom stereocenters. The van der Waals surface area contributed by atoms with Gasteiger partial charge in [0.2, 0.25) is 0 Å². The Balaban J connectivity index is 1.16. The van der Waals surface area contributed by atoms with E-state index in [0.29, 0.717) is 0 Å². The number of nitrogens with one attached hydrogen (secondary N) is 1. The molecule has 0 saturated heterocycles. The molecule has 2 saturated carbocycles. The van der Waals surface area contributed by atoms with Crippen molar-refractivity contribution in [1.82, 2.24) is 10.2 Å². The Labute approximate surface area is 179 Å². The number of hydrogen-bond acceptors (Lipinski definition) is 3. The third-order valence-corrected chi connectivity index (χ3v) is 6.79. The Hall–Kier alpha value is -2.33. The van der Waals surface area contributed by atoms with Gasteiger partial charge in [-0.15, -0.1) is 0 Å². The fourth-order valence-electron chi connectivity index (χ4n) is 4.34. The lowest BCUT2D eigenvalue weighted by atomic mass is 10.1. The molecular weight excluding hydrogens is 372 g/mol. The SMILES string of the molecule is CN(C(=O)c1ccc(OCC2CC2)cc1)C1Cc2ccc(CNCC3CC3)cc2C1. The average molecular weight is 405 g/mol. The molecule has 4 nitrogen and oxygen atoms in total. The second-order valence-electron chi connectivity index (χ2n) is 9.43. The molecule has 158 valence electrons. The largest absolute Gasteiger partial charge is 0.493 e. The number of amides is 1. The molecule has 2 fully saturated rings. The molecule has 0 spiro atoms. The highest BCUT2D eigenvalue weighted by atomic mass is 16.5. The van der Waals surface area contributed by atoms with E-state index >= 15 is 0 Å². The highest BCUT2D eigenvalue weighted by Crippen LogP contribution is 2.30. The molecule has 2 aromatic carbocycles. The van der Waals surface area contributed by atoms with Crippen LogP contribution >= 0.6 is 0 Å². The maximum absolute atomic E-state index is 13.0. The summed E-state index contributed by atoms with van der Waals surface area (Å²) in [7, 11) is 1.94. The normalized spacial score (nSPS) is 20.1. The molecule has 0 heterocycles. The average Bonchev–Trinajstić information content (AvgIpc) is 3.70. The van der Waals surface area contributed by atoms with Crippen LogP contribution in [0, 0.1) is 11.8 Å². The summed E-state index contributed by atoms with van der Waals surface area (Å²) < 4.78 is 5.79. The first-order valence-electron chi connectivity index (χ1n) is 11.5. The maximum atomic E-state index is 13.0. The number of rotatable bonds is 9. The fourth-order valence-corrected chi connectivity index (χ4v) is 4.34. The Morgan fingerprint density at radius 1 is 1.00 bits per heavy atom. The number of carbonyl (C=O) groups excluding carboxylic acids is 1. The molecule has 2 aromatic rings. The minimum absolute atomic E-state index is 0.0906. The van der Waals surface area contributed by atoms with Gasteiger partial charge in [0, 0.05) is 25.2 Å². The zero-order valence-corrected chi connectivity index (χ0v) is 17.9. The zero-order chi connectivity index (χ0) is 20.5. The summed E-state index contributed by atoms with van der Waals surface area (Å²) in [4.78, 5) is 14.9. The van der Waals surface area contributed by atoms with Crippen LogP contribution in [0.15, 0.2) is 42.5 Å². The number of benzene rings is 2. The summed E-state index contributed by atoms with van der Waals surface area (Å²) >= 11 is 0. The summed E-state index contributed by atoms with van der Waals surface area (Å²) in [6, 6.07) is 14.7. The quantitative estimate of drug-likeness (QED) is 0.681. The van der Waals surface area contributed by atoms with E-state index < -0.39 is 0 Å². The number of nitrogens with zero attached hydrogens (tertiary/aromatic N) is 1. The van der Waals surface area contributed by atoms with Crippen LogP contribution in [0.25, 0.3) is 0 Å². The molecule has 0 aromatic heterocycles. The van der Waals surface area contributed by atoms with E-state index in [-0.39, 0.29) is 11.9 Å². The minimum Gasteiger partial charge on any atom is -0.493 e. The van der Waals surface area contributed by atoms with Crippen LogP contribution in [0.3, 0.4) is 0 Å². The summed E-state index contributed by atoms with van der Waals surface area (Å²) in [5, 5.41) is 3.58. The topological polar surface area (TPSA) is 41.6 Å². The molecule has 0 radical (unpaired) electrons. The summed E-state index contributed by atoms with van der Waals surface area (Å²) in [5.74, 6) is 2.59. The second-order valence-corrected chi connectivity index (χ2v) is 9.43. The van der Waals surface area contributed by atoms with Gasteiger partial charge in [-0.25, -0.2) is 0 Å². The van der Waals surface area contributed by atoms with Gasteiger partial charge < -0.3 is 15.0 Å². The molecule has 5 rings (SSSR count). The van der Waals surface area contributed by atoms with Crippen molar-refractivity contribution in [1.29, 1.82) is 0 Å². The lowest BCUT2D eigenvalue weighted by Gasteiger charge is -2.24. The number of likely N-dealkylation sites (N-methyl/N-ethyl adjacent to an activating group) is 1. The minimum atomic E-state index is 0.0906. The maximum Gasteiger partial charge on any atom is 0.253 e. The van der Waals surface area contributed by atoms with Crippen molar-refractivity contribution in [2.45, 2.75) is 51.1 Å². The van der Waals surface area contributed by atoms with E-state index in [1.165, 1.54) is 42.4 Å². The van der Waals surface area contributed by atoms with Crippen LogP contribution in [0.4, 0.5) is 0 Å². The molecule has 3 aliphatic carbocycles. The van der Waals surface area contributed by atoms with Crippen LogP contribution in [-0.4, -0.2) is 37.0 Å². The van der Waals surface area contributed by atoms with Crippen LogP contribution in [0.2, 0.25) is 0 Å². The van der Waals surface area contributed by atoms with E-state index in [9.17, 15) is 4.79 Å². The van der Waals surface area contributed by atoms with Crippen molar-refractivity contribution < 1.29 is 9.53 Å². The van der Waals surface area contributed by atoms with Crippen molar-refractivity contribution in [2.75, 3.05) is 20.2 Å². The van der Waals surface area contributed by atoms with E-state index in [1.807, 2.05) is 36.2 Å². The van der Waals surface area contributed by atoms with Gasteiger partial charge in [0.25, 0.3) is 5.91 Å². The van der Waals surface area contributed by atoms with Crippen LogP contribution in [-0.2, 0) is 19.4 Å². The van der Waals surface area contributed by atoms with Gasteiger partial charge in [-0.2, -0.15) is 0 Å². The van der Waals surface area contributed by atoms with Crippen LogP contribution in [0.5, 0.6) is 5.75 Å². The van der Waals surface area contributed by atoms with Gasteiger partial charge >= 0.3 is 0 Å². The number of fused-ring (bicyclic) bond motifs is 1. The van der Waals surface area contributed by atoms with Crippen molar-refractivity contribution in [2.24, 2.45) is 11.8 Å². The standard InChI is InChI=1S/C26H32N2O2/c1-28(26(29)21-8-10-25(11-9-21)30-17-19-4-5-19)24-13-22-7-6-20(12-23(22)14-24)16-27-15-18-2-3-18/h6-12,18-19,24,27H,2-5,13-17H2,1H3. The zero-order valence-electron chi connectivity index (χ0n) is 17.9. The van der Waals surface area contributed by atoms with Crippen LogP contribution in [0.1, 0.15) is 52.7 Å². The number of carbonyl (C=O) groups is 1. The third kappa shape index (κ3) is 4.70. The molecular formula is C26H32N2O2. The lowest BCUT2D eigenvalue weighted by Crippen LogP contribution is -2.37. The predicted octanol–water partition coefficient (Wildman–Crippen LogP) is 4.21. The van der Waals surface area contributed by atoms with Gasteiger partial charge in [-0.05, 0) is 97.9 Å². The Bertz CT molecular complexity index is 900. The molecule has 1 unspecified atom stereocenters. The van der Waals surface area contributed by atoms with Crippen molar-refractivity contribution in [3.05, 3.63) is 64.7 Å². The highest BCUT2D eigenvalue weighted by Gasteiger charge is 2.28. The molecule has 30 heavy (non-hydrogen) atoms. The van der Waals surface area contributed by atoms with Crippen molar-refractivity contribution >= 4 is 5.91 Å². The molecule has 1 amide bonds. The monoisotopic (exact) mass is 404 g/mol. The van der Waals surface area contributed by atoms with E-state index in [2.05, 4.69) is 23.5 Å². The van der Waals surface area contributed by atoms with Crippen molar-refractivity contribution in [3.8, 4) is 5.75 Å². The van der Waals surface area contributed by atoms with Crippen molar-refractivity contribution in [3.63, 3.8) is 0 Å². The molecule has 4 heteroatoms. The smallest absolute Gasteiger partial charge is 0.253 e. The molecule has 3 aliphatic rings. The summed E-state index contributed by atoms with van der Waals surface area (Å²) in [5.41, 5.74) is 4.87. The number of hydrogen-bond donors (Lipinski definition) is 1. The van der Waals surface area contributed by atoms with Gasteiger partial charge in [0.1, 0.15) is 5.75 Å². The van der Waals surface area contributed by atoms with Crippen LogP contribution < -0.4 is 10.1 Å². The highest BCUT2D eigenvalue weighted by molar-refractivity contribution is 5.94. The molecule has 1 N–H and O–H groups in total. The van der Waals surface area contributed by atoms with Gasteiger partial charge in [-0.1, -0.05) is 18.2 Å². The first-order valence-corrected chi connectivity index (χ1v) is 11.5. The van der Waals surface area contributed by atoms with Gasteiger partial charge in [0.05, 0.1) is 6.61 Å². The van der Waals surface area contributed by atoms with Gasteiger partial charge in [0.15, 0.2) is 0 Å².